The SMILES string of the molecule is CC1CCN(C(=O)N2CCC(C(N)=O)C2)CC1. The van der Waals surface area contributed by atoms with Crippen LogP contribution < -0.4 is 5.73 Å². The van der Waals surface area contributed by atoms with Gasteiger partial charge in [-0.05, 0) is 25.2 Å². The Morgan fingerprint density at radius 3 is 2.18 bits per heavy atom. The highest BCUT2D eigenvalue weighted by Gasteiger charge is 2.32. The van der Waals surface area contributed by atoms with Crippen LogP contribution in [0.1, 0.15) is 26.2 Å². The van der Waals surface area contributed by atoms with E-state index in [4.69, 9.17) is 5.73 Å². The van der Waals surface area contributed by atoms with E-state index >= 15 is 0 Å². The molecule has 96 valence electrons. The number of nitrogens with two attached hydrogens (primary N) is 1. The second kappa shape index (κ2) is 4.94. The van der Waals surface area contributed by atoms with Gasteiger partial charge in [-0.3, -0.25) is 4.79 Å². The summed E-state index contributed by atoms with van der Waals surface area (Å²) in [6, 6.07) is 0.0839. The molecule has 2 saturated heterocycles. The molecule has 0 spiro atoms. The van der Waals surface area contributed by atoms with Crippen molar-refractivity contribution >= 4 is 11.9 Å². The van der Waals surface area contributed by atoms with Crippen LogP contribution in [0.3, 0.4) is 0 Å². The Morgan fingerprint density at radius 2 is 1.65 bits per heavy atom. The summed E-state index contributed by atoms with van der Waals surface area (Å²) in [4.78, 5) is 26.9. The molecule has 1 unspecified atom stereocenters. The predicted molar refractivity (Wildman–Crippen MR) is 64.2 cm³/mol. The zero-order valence-electron chi connectivity index (χ0n) is 10.4. The van der Waals surface area contributed by atoms with Crippen LogP contribution in [0.2, 0.25) is 0 Å². The number of urea groups is 1. The molecule has 1 atom stereocenters. The van der Waals surface area contributed by atoms with Gasteiger partial charge in [-0.25, -0.2) is 4.79 Å². The third-order valence-corrected chi connectivity index (χ3v) is 3.92. The van der Waals surface area contributed by atoms with Gasteiger partial charge in [0.2, 0.25) is 5.91 Å². The van der Waals surface area contributed by atoms with Crippen LogP contribution in [-0.2, 0) is 4.79 Å². The summed E-state index contributed by atoms with van der Waals surface area (Å²) in [7, 11) is 0. The maximum atomic E-state index is 12.2. The summed E-state index contributed by atoms with van der Waals surface area (Å²) in [6.07, 6.45) is 2.88. The fraction of sp³-hybridized carbons (Fsp3) is 0.833. The molecule has 2 aliphatic rings. The maximum absolute atomic E-state index is 12.2. The molecular weight excluding hydrogens is 218 g/mol. The van der Waals surface area contributed by atoms with E-state index in [-0.39, 0.29) is 17.9 Å². The summed E-state index contributed by atoms with van der Waals surface area (Å²) < 4.78 is 0. The number of primary amides is 1. The van der Waals surface area contributed by atoms with Gasteiger partial charge in [-0.1, -0.05) is 6.92 Å². The number of hydrogen-bond acceptors (Lipinski definition) is 2. The van der Waals surface area contributed by atoms with Crippen molar-refractivity contribution in [3.8, 4) is 0 Å². The van der Waals surface area contributed by atoms with Crippen molar-refractivity contribution in [1.82, 2.24) is 9.80 Å². The quantitative estimate of drug-likeness (QED) is 0.730. The zero-order chi connectivity index (χ0) is 12.4. The van der Waals surface area contributed by atoms with Gasteiger partial charge in [-0.2, -0.15) is 0 Å². The second-order valence-corrected chi connectivity index (χ2v) is 5.29. The van der Waals surface area contributed by atoms with Gasteiger partial charge in [0.05, 0.1) is 5.92 Å². The number of carbonyl (C=O) groups is 2. The number of hydrogen-bond donors (Lipinski definition) is 1. The van der Waals surface area contributed by atoms with Crippen LogP contribution >= 0.6 is 0 Å². The third-order valence-electron chi connectivity index (χ3n) is 3.92. The van der Waals surface area contributed by atoms with Crippen molar-refractivity contribution in [2.24, 2.45) is 17.6 Å². The monoisotopic (exact) mass is 239 g/mol. The van der Waals surface area contributed by atoms with Crippen molar-refractivity contribution in [3.63, 3.8) is 0 Å². The van der Waals surface area contributed by atoms with Gasteiger partial charge in [0.25, 0.3) is 0 Å². The van der Waals surface area contributed by atoms with Gasteiger partial charge in [0.1, 0.15) is 0 Å². The number of nitrogens with zero attached hydrogens (tertiary/aromatic N) is 2. The van der Waals surface area contributed by atoms with Crippen molar-refractivity contribution in [2.45, 2.75) is 26.2 Å². The lowest BCUT2D eigenvalue weighted by molar-refractivity contribution is -0.121. The van der Waals surface area contributed by atoms with E-state index in [1.54, 1.807) is 4.90 Å². The van der Waals surface area contributed by atoms with Gasteiger partial charge in [0, 0.05) is 26.2 Å². The molecule has 0 aromatic carbocycles. The van der Waals surface area contributed by atoms with Crippen molar-refractivity contribution < 1.29 is 9.59 Å². The highest BCUT2D eigenvalue weighted by molar-refractivity contribution is 5.80. The molecule has 17 heavy (non-hydrogen) atoms. The van der Waals surface area contributed by atoms with E-state index in [0.717, 1.165) is 31.8 Å². The molecule has 0 aliphatic carbocycles. The van der Waals surface area contributed by atoms with E-state index in [9.17, 15) is 9.59 Å². The molecule has 0 bridgehead atoms. The van der Waals surface area contributed by atoms with E-state index in [0.29, 0.717) is 19.5 Å². The number of piperidine rings is 1. The van der Waals surface area contributed by atoms with Crippen LogP contribution in [0, 0.1) is 11.8 Å². The highest BCUT2D eigenvalue weighted by atomic mass is 16.2. The van der Waals surface area contributed by atoms with Gasteiger partial charge < -0.3 is 15.5 Å². The first-order chi connectivity index (χ1) is 8.08. The number of carbonyl (C=O) groups excluding carboxylic acids is 2. The normalized spacial score (nSPS) is 26.3. The van der Waals surface area contributed by atoms with Crippen molar-refractivity contribution in [1.29, 1.82) is 0 Å². The minimum absolute atomic E-state index is 0.0839. The Kier molecular flexibility index (Phi) is 3.54. The molecule has 2 heterocycles. The molecule has 5 heteroatoms. The van der Waals surface area contributed by atoms with E-state index in [2.05, 4.69) is 6.92 Å². The summed E-state index contributed by atoms with van der Waals surface area (Å²) in [5.41, 5.74) is 5.27. The topological polar surface area (TPSA) is 66.6 Å². The van der Waals surface area contributed by atoms with E-state index in [1.807, 2.05) is 4.90 Å². The van der Waals surface area contributed by atoms with Crippen LogP contribution in [0.25, 0.3) is 0 Å². The summed E-state index contributed by atoms with van der Waals surface area (Å²) in [6.45, 7) is 5.08. The standard InChI is InChI=1S/C12H21N3O2/c1-9-2-5-14(6-3-9)12(17)15-7-4-10(8-15)11(13)16/h9-10H,2-8H2,1H3,(H2,13,16). The predicted octanol–water partition coefficient (Wildman–Crippen LogP) is 0.646. The van der Waals surface area contributed by atoms with E-state index < -0.39 is 0 Å². The average Bonchev–Trinajstić information content (AvgIpc) is 2.78. The second-order valence-electron chi connectivity index (χ2n) is 5.29. The largest absolute Gasteiger partial charge is 0.369 e. The summed E-state index contributed by atoms with van der Waals surface area (Å²) in [5, 5.41) is 0. The molecule has 0 radical (unpaired) electrons. The summed E-state index contributed by atoms with van der Waals surface area (Å²) in [5.74, 6) is 0.284. The van der Waals surface area contributed by atoms with E-state index in [1.165, 1.54) is 0 Å². The number of amides is 3. The molecule has 0 aromatic rings. The Balaban J connectivity index is 1.86. The lowest BCUT2D eigenvalue weighted by atomic mass is 10.00. The molecule has 2 N–H and O–H groups in total. The zero-order valence-corrected chi connectivity index (χ0v) is 10.4. The lowest BCUT2D eigenvalue weighted by Gasteiger charge is -2.33. The first-order valence-electron chi connectivity index (χ1n) is 6.41. The van der Waals surface area contributed by atoms with Crippen LogP contribution in [-0.4, -0.2) is 47.9 Å². The number of rotatable bonds is 1. The Labute approximate surface area is 102 Å². The third kappa shape index (κ3) is 2.70. The molecule has 2 aliphatic heterocycles. The van der Waals surface area contributed by atoms with Gasteiger partial charge >= 0.3 is 6.03 Å². The first kappa shape index (κ1) is 12.2. The fourth-order valence-electron chi connectivity index (χ4n) is 2.57. The molecule has 0 saturated carbocycles. The summed E-state index contributed by atoms with van der Waals surface area (Å²) >= 11 is 0. The van der Waals surface area contributed by atoms with Crippen molar-refractivity contribution in [2.75, 3.05) is 26.2 Å². The van der Waals surface area contributed by atoms with Crippen molar-refractivity contribution in [3.05, 3.63) is 0 Å². The smallest absolute Gasteiger partial charge is 0.320 e. The first-order valence-corrected chi connectivity index (χ1v) is 6.41. The average molecular weight is 239 g/mol. The maximum Gasteiger partial charge on any atom is 0.320 e. The molecule has 2 fully saturated rings. The van der Waals surface area contributed by atoms with Crippen LogP contribution in [0.15, 0.2) is 0 Å². The minimum atomic E-state index is -0.285. The fourth-order valence-corrected chi connectivity index (χ4v) is 2.57. The molecule has 3 amide bonds. The van der Waals surface area contributed by atoms with Crippen LogP contribution in [0.5, 0.6) is 0 Å². The highest BCUT2D eigenvalue weighted by Crippen LogP contribution is 2.21. The molecule has 5 nitrogen and oxygen atoms in total. The molecule has 0 aromatic heterocycles. The number of likely N-dealkylation sites (tertiary alicyclic amines) is 2. The van der Waals surface area contributed by atoms with Gasteiger partial charge in [0.15, 0.2) is 0 Å². The van der Waals surface area contributed by atoms with Crippen LogP contribution in [0.4, 0.5) is 4.79 Å². The molecular formula is C12H21N3O2. The lowest BCUT2D eigenvalue weighted by Crippen LogP contribution is -2.46. The minimum Gasteiger partial charge on any atom is -0.369 e. The molecule has 2 rings (SSSR count). The Morgan fingerprint density at radius 1 is 1.06 bits per heavy atom. The Hall–Kier alpha value is -1.26. The van der Waals surface area contributed by atoms with Gasteiger partial charge in [-0.15, -0.1) is 0 Å². The Bertz CT molecular complexity index is 311.